The normalized spacial score (nSPS) is 47.6. The van der Waals surface area contributed by atoms with Gasteiger partial charge in [-0.15, -0.1) is 0 Å². The molecule has 0 amide bonds. The topological polar surface area (TPSA) is 93.1 Å². The minimum absolute atomic E-state index is 0.0669. The lowest BCUT2D eigenvalue weighted by atomic mass is 9.43. The van der Waals surface area contributed by atoms with Gasteiger partial charge >= 0.3 is 11.9 Å². The molecule has 4 aliphatic rings. The van der Waals surface area contributed by atoms with Gasteiger partial charge in [-0.1, -0.05) is 20.8 Å². The SMILES string of the molecule is COC(=O)CCC(C)[C@H]1CC[C@H]2[C@@H]3[C@H](OC(C)=O)C[C@@H]4C[C@H](O)CC[C@]4(C)[C@H]3C[C@H](O)[C@]12C. The van der Waals surface area contributed by atoms with Gasteiger partial charge in [0.05, 0.1) is 19.3 Å². The van der Waals surface area contributed by atoms with Crippen molar-refractivity contribution in [3.05, 3.63) is 0 Å². The summed E-state index contributed by atoms with van der Waals surface area (Å²) in [7, 11) is 1.43. The molecule has 0 heterocycles. The Morgan fingerprint density at radius 3 is 2.45 bits per heavy atom. The number of carbonyl (C=O) groups excluding carboxylic acids is 2. The Morgan fingerprint density at radius 1 is 1.06 bits per heavy atom. The number of methoxy groups -OCH3 is 1. The second-order valence-corrected chi connectivity index (χ2v) is 12.2. The predicted octanol–water partition coefficient (Wildman–Crippen LogP) is 4.11. The van der Waals surface area contributed by atoms with Crippen LogP contribution in [0, 0.1) is 46.3 Å². The molecule has 0 bridgehead atoms. The Labute approximate surface area is 198 Å². The number of ether oxygens (including phenoxy) is 2. The number of rotatable bonds is 5. The van der Waals surface area contributed by atoms with Crippen LogP contribution in [0.3, 0.4) is 0 Å². The highest BCUT2D eigenvalue weighted by atomic mass is 16.5. The van der Waals surface area contributed by atoms with Gasteiger partial charge < -0.3 is 19.7 Å². The zero-order valence-electron chi connectivity index (χ0n) is 21.1. The van der Waals surface area contributed by atoms with E-state index >= 15 is 0 Å². The molecule has 0 aromatic carbocycles. The fourth-order valence-corrected chi connectivity index (χ4v) is 9.09. The molecule has 0 aromatic heterocycles. The molecule has 0 saturated heterocycles. The number of carbonyl (C=O) groups is 2. The van der Waals surface area contributed by atoms with E-state index in [-0.39, 0.29) is 40.9 Å². The third-order valence-electron chi connectivity index (χ3n) is 10.8. The van der Waals surface area contributed by atoms with Gasteiger partial charge in [0, 0.05) is 19.3 Å². The summed E-state index contributed by atoms with van der Waals surface area (Å²) in [4.78, 5) is 23.9. The van der Waals surface area contributed by atoms with E-state index in [2.05, 4.69) is 20.8 Å². The number of esters is 2. The largest absolute Gasteiger partial charge is 0.469 e. The Balaban J connectivity index is 1.64. The lowest BCUT2D eigenvalue weighted by molar-refractivity contribution is -0.216. The van der Waals surface area contributed by atoms with Crippen molar-refractivity contribution >= 4 is 11.9 Å². The van der Waals surface area contributed by atoms with Gasteiger partial charge in [-0.3, -0.25) is 9.59 Å². The molecule has 33 heavy (non-hydrogen) atoms. The molecule has 6 nitrogen and oxygen atoms in total. The maximum absolute atomic E-state index is 12.1. The zero-order chi connectivity index (χ0) is 24.1. The van der Waals surface area contributed by atoms with Gasteiger partial charge in [-0.2, -0.15) is 0 Å². The molecule has 4 fully saturated rings. The molecular weight excluding hydrogens is 420 g/mol. The highest BCUT2D eigenvalue weighted by molar-refractivity contribution is 5.69. The van der Waals surface area contributed by atoms with Crippen molar-refractivity contribution in [1.82, 2.24) is 0 Å². The van der Waals surface area contributed by atoms with Crippen molar-refractivity contribution < 1.29 is 29.3 Å². The molecule has 4 saturated carbocycles. The summed E-state index contributed by atoms with van der Waals surface area (Å²) in [5.74, 6) is 1.40. The average molecular weight is 465 g/mol. The van der Waals surface area contributed by atoms with Crippen molar-refractivity contribution in [2.75, 3.05) is 7.11 Å². The minimum Gasteiger partial charge on any atom is -0.469 e. The van der Waals surface area contributed by atoms with Crippen molar-refractivity contribution in [3.8, 4) is 0 Å². The van der Waals surface area contributed by atoms with Crippen LogP contribution in [0.15, 0.2) is 0 Å². The fraction of sp³-hybridized carbons (Fsp3) is 0.926. The van der Waals surface area contributed by atoms with E-state index in [1.54, 1.807) is 0 Å². The summed E-state index contributed by atoms with van der Waals surface area (Å²) in [5, 5.41) is 22.1. The van der Waals surface area contributed by atoms with E-state index in [1.807, 2.05) is 0 Å². The zero-order valence-corrected chi connectivity index (χ0v) is 21.1. The third-order valence-corrected chi connectivity index (χ3v) is 10.8. The Hall–Kier alpha value is -1.14. The molecule has 11 atom stereocenters. The first-order valence-corrected chi connectivity index (χ1v) is 13.1. The summed E-state index contributed by atoms with van der Waals surface area (Å²) < 4.78 is 10.9. The van der Waals surface area contributed by atoms with Crippen LogP contribution in [0.25, 0.3) is 0 Å². The van der Waals surface area contributed by atoms with Crippen LogP contribution >= 0.6 is 0 Å². The summed E-state index contributed by atoms with van der Waals surface area (Å²) in [6.45, 7) is 8.34. The monoisotopic (exact) mass is 464 g/mol. The summed E-state index contributed by atoms with van der Waals surface area (Å²) >= 11 is 0. The first kappa shape index (κ1) is 25.0. The third kappa shape index (κ3) is 4.13. The minimum atomic E-state index is -0.405. The highest BCUT2D eigenvalue weighted by Crippen LogP contribution is 2.68. The first-order valence-electron chi connectivity index (χ1n) is 13.1. The van der Waals surface area contributed by atoms with Gasteiger partial charge in [-0.25, -0.2) is 0 Å². The van der Waals surface area contributed by atoms with Gasteiger partial charge in [0.25, 0.3) is 0 Å². The van der Waals surface area contributed by atoms with Crippen molar-refractivity contribution in [2.45, 2.75) is 104 Å². The van der Waals surface area contributed by atoms with Crippen molar-refractivity contribution in [2.24, 2.45) is 46.3 Å². The van der Waals surface area contributed by atoms with Gasteiger partial charge in [0.15, 0.2) is 0 Å². The molecule has 0 aromatic rings. The van der Waals surface area contributed by atoms with Crippen LogP contribution in [0.4, 0.5) is 0 Å². The Bertz CT molecular complexity index is 753. The van der Waals surface area contributed by atoms with Gasteiger partial charge in [0.1, 0.15) is 6.10 Å². The van der Waals surface area contributed by atoms with Crippen LogP contribution in [0.1, 0.15) is 85.5 Å². The standard InChI is InChI=1S/C27H44O6/c1-15(6-9-24(31)32-5)19-7-8-20-25-21(14-23(30)27(19,20)4)26(3)11-10-18(29)12-17(26)13-22(25)33-16(2)28/h15,17-23,25,29-30H,6-14H2,1-5H3/t15?,17-,18+,19+,20-,21-,22+,23-,25-,26-,27+/m0/s1. The fourth-order valence-electron chi connectivity index (χ4n) is 9.09. The molecule has 188 valence electrons. The summed E-state index contributed by atoms with van der Waals surface area (Å²) in [6, 6.07) is 0. The highest BCUT2D eigenvalue weighted by Gasteiger charge is 2.66. The van der Waals surface area contributed by atoms with E-state index in [0.29, 0.717) is 36.0 Å². The molecule has 2 N–H and O–H groups in total. The Kier molecular flexibility index (Phi) is 6.92. The van der Waals surface area contributed by atoms with Crippen LogP contribution in [-0.4, -0.2) is 47.6 Å². The van der Waals surface area contributed by atoms with Crippen LogP contribution < -0.4 is 0 Å². The maximum atomic E-state index is 12.1. The molecule has 0 spiro atoms. The van der Waals surface area contributed by atoms with E-state index in [0.717, 1.165) is 51.4 Å². The lowest BCUT2D eigenvalue weighted by Gasteiger charge is -2.63. The van der Waals surface area contributed by atoms with E-state index in [1.165, 1.54) is 14.0 Å². The molecule has 0 radical (unpaired) electrons. The van der Waals surface area contributed by atoms with Crippen LogP contribution in [0.2, 0.25) is 0 Å². The Morgan fingerprint density at radius 2 is 1.79 bits per heavy atom. The van der Waals surface area contributed by atoms with Crippen LogP contribution in [0.5, 0.6) is 0 Å². The van der Waals surface area contributed by atoms with Gasteiger partial charge in [-0.05, 0) is 91.8 Å². The number of hydrogen-bond donors (Lipinski definition) is 2. The molecule has 1 unspecified atom stereocenters. The summed E-state index contributed by atoms with van der Waals surface area (Å²) in [6.07, 6.45) is 6.54. The van der Waals surface area contributed by atoms with Crippen molar-refractivity contribution in [1.29, 1.82) is 0 Å². The van der Waals surface area contributed by atoms with Crippen molar-refractivity contribution in [3.63, 3.8) is 0 Å². The number of aliphatic hydroxyl groups is 2. The molecule has 6 heteroatoms. The van der Waals surface area contributed by atoms with Gasteiger partial charge in [0.2, 0.25) is 0 Å². The number of aliphatic hydroxyl groups excluding tert-OH is 2. The molecular formula is C27H44O6. The predicted molar refractivity (Wildman–Crippen MR) is 124 cm³/mol. The second-order valence-electron chi connectivity index (χ2n) is 12.2. The van der Waals surface area contributed by atoms with E-state index < -0.39 is 6.10 Å². The number of hydrogen-bond acceptors (Lipinski definition) is 6. The molecule has 0 aliphatic heterocycles. The van der Waals surface area contributed by atoms with E-state index in [9.17, 15) is 19.8 Å². The summed E-state index contributed by atoms with van der Waals surface area (Å²) in [5.41, 5.74) is -0.177. The lowest BCUT2D eigenvalue weighted by Crippen LogP contribution is -2.62. The maximum Gasteiger partial charge on any atom is 0.305 e. The first-order chi connectivity index (χ1) is 15.5. The van der Waals surface area contributed by atoms with E-state index in [4.69, 9.17) is 9.47 Å². The molecule has 4 aliphatic carbocycles. The quantitative estimate of drug-likeness (QED) is 0.595. The smallest absolute Gasteiger partial charge is 0.305 e. The second kappa shape index (κ2) is 9.14. The average Bonchev–Trinajstić information content (AvgIpc) is 3.11. The number of fused-ring (bicyclic) bond motifs is 5. The van der Waals surface area contributed by atoms with Crippen LogP contribution in [-0.2, 0) is 19.1 Å². The molecule has 4 rings (SSSR count).